The van der Waals surface area contributed by atoms with Crippen LogP contribution in [0.1, 0.15) is 18.2 Å². The molecular weight excluding hydrogens is 270 g/mol. The first-order chi connectivity index (χ1) is 7.67. The molecule has 1 amide bonds. The normalized spacial score (nSPS) is 10.7. The van der Waals surface area contributed by atoms with Crippen molar-refractivity contribution in [3.05, 3.63) is 28.0 Å². The summed E-state index contributed by atoms with van der Waals surface area (Å²) in [4.78, 5) is 15.0. The maximum atomic E-state index is 10.6. The molecule has 1 N–H and O–H groups in total. The molecule has 0 atom stereocenters. The third-order valence-electron chi connectivity index (χ3n) is 2.51. The number of aryl methyl sites for hydroxylation is 2. The Kier molecular flexibility index (Phi) is 2.96. The molecule has 0 aliphatic rings. The SMILES string of the molecule is CCc1nc2cc(C)c(Br)cn2c1NC=O. The molecule has 0 aliphatic carbocycles. The van der Waals surface area contributed by atoms with Gasteiger partial charge in [-0.2, -0.15) is 0 Å². The lowest BCUT2D eigenvalue weighted by atomic mass is 10.3. The van der Waals surface area contributed by atoms with Crippen LogP contribution in [0.4, 0.5) is 5.82 Å². The minimum absolute atomic E-state index is 0.677. The van der Waals surface area contributed by atoms with E-state index in [0.717, 1.165) is 33.6 Å². The van der Waals surface area contributed by atoms with Crippen molar-refractivity contribution in [3.8, 4) is 0 Å². The lowest BCUT2D eigenvalue weighted by molar-refractivity contribution is -0.105. The number of pyridine rings is 1. The van der Waals surface area contributed by atoms with Crippen LogP contribution < -0.4 is 5.32 Å². The highest BCUT2D eigenvalue weighted by atomic mass is 79.9. The van der Waals surface area contributed by atoms with E-state index in [4.69, 9.17) is 0 Å². The molecule has 0 radical (unpaired) electrons. The summed E-state index contributed by atoms with van der Waals surface area (Å²) in [5, 5.41) is 2.70. The highest BCUT2D eigenvalue weighted by Crippen LogP contribution is 2.23. The van der Waals surface area contributed by atoms with Crippen LogP contribution in [-0.4, -0.2) is 15.8 Å². The molecule has 2 aromatic heterocycles. The van der Waals surface area contributed by atoms with Gasteiger partial charge in [0.05, 0.1) is 5.69 Å². The van der Waals surface area contributed by atoms with Gasteiger partial charge in [-0.15, -0.1) is 0 Å². The largest absolute Gasteiger partial charge is 0.313 e. The number of aromatic nitrogens is 2. The van der Waals surface area contributed by atoms with Crippen LogP contribution in [0, 0.1) is 6.92 Å². The predicted molar refractivity (Wildman–Crippen MR) is 66.7 cm³/mol. The van der Waals surface area contributed by atoms with E-state index in [0.29, 0.717) is 6.41 Å². The Bertz CT molecular complexity index is 548. The number of halogens is 1. The number of imidazole rings is 1. The molecule has 84 valence electrons. The second kappa shape index (κ2) is 4.25. The monoisotopic (exact) mass is 281 g/mol. The number of rotatable bonds is 3. The van der Waals surface area contributed by atoms with Crippen molar-refractivity contribution in [3.63, 3.8) is 0 Å². The average Bonchev–Trinajstić information content (AvgIpc) is 2.58. The van der Waals surface area contributed by atoms with Crippen molar-refractivity contribution < 1.29 is 4.79 Å². The number of hydrogen-bond donors (Lipinski definition) is 1. The molecule has 2 heterocycles. The van der Waals surface area contributed by atoms with Crippen LogP contribution >= 0.6 is 15.9 Å². The molecule has 16 heavy (non-hydrogen) atoms. The maximum Gasteiger partial charge on any atom is 0.212 e. The first-order valence-corrected chi connectivity index (χ1v) is 5.84. The molecule has 0 spiro atoms. The minimum Gasteiger partial charge on any atom is -0.313 e. The van der Waals surface area contributed by atoms with E-state index in [-0.39, 0.29) is 0 Å². The van der Waals surface area contributed by atoms with Gasteiger partial charge in [0.25, 0.3) is 0 Å². The number of fused-ring (bicyclic) bond motifs is 1. The summed E-state index contributed by atoms with van der Waals surface area (Å²) in [7, 11) is 0. The lowest BCUT2D eigenvalue weighted by Gasteiger charge is -2.03. The van der Waals surface area contributed by atoms with Gasteiger partial charge in [-0.25, -0.2) is 4.98 Å². The smallest absolute Gasteiger partial charge is 0.212 e. The van der Waals surface area contributed by atoms with Crippen molar-refractivity contribution >= 4 is 33.8 Å². The number of hydrogen-bond acceptors (Lipinski definition) is 2. The van der Waals surface area contributed by atoms with E-state index in [9.17, 15) is 4.79 Å². The fraction of sp³-hybridized carbons (Fsp3) is 0.273. The molecule has 0 aromatic carbocycles. The first kappa shape index (κ1) is 11.1. The highest BCUT2D eigenvalue weighted by molar-refractivity contribution is 9.10. The molecule has 0 aliphatic heterocycles. The summed E-state index contributed by atoms with van der Waals surface area (Å²) in [5.41, 5.74) is 2.87. The van der Waals surface area contributed by atoms with Crippen molar-refractivity contribution in [2.75, 3.05) is 5.32 Å². The standard InChI is InChI=1S/C11H12BrN3O/c1-3-9-11(13-6-16)15-5-8(12)7(2)4-10(15)14-9/h4-6H,3H2,1-2H3,(H,13,16). The zero-order valence-corrected chi connectivity index (χ0v) is 10.7. The summed E-state index contributed by atoms with van der Waals surface area (Å²) in [6.45, 7) is 4.02. The Labute approximate surface area is 102 Å². The predicted octanol–water partition coefficient (Wildman–Crippen LogP) is 2.54. The van der Waals surface area contributed by atoms with Crippen LogP contribution in [-0.2, 0) is 11.2 Å². The number of carbonyl (C=O) groups excluding carboxylic acids is 1. The van der Waals surface area contributed by atoms with Crippen LogP contribution in [0.5, 0.6) is 0 Å². The van der Waals surface area contributed by atoms with Gasteiger partial charge in [-0.1, -0.05) is 6.92 Å². The van der Waals surface area contributed by atoms with Crippen molar-refractivity contribution in [2.45, 2.75) is 20.3 Å². The lowest BCUT2D eigenvalue weighted by Crippen LogP contribution is -2.01. The molecule has 5 heteroatoms. The second-order valence-corrected chi connectivity index (χ2v) is 4.41. The number of nitrogens with zero attached hydrogens (tertiary/aromatic N) is 2. The minimum atomic E-state index is 0.677. The number of carbonyl (C=O) groups is 1. The zero-order chi connectivity index (χ0) is 11.7. The Morgan fingerprint density at radius 2 is 2.38 bits per heavy atom. The topological polar surface area (TPSA) is 46.4 Å². The molecular formula is C11H12BrN3O. The zero-order valence-electron chi connectivity index (χ0n) is 9.12. The second-order valence-electron chi connectivity index (χ2n) is 3.56. The molecule has 0 bridgehead atoms. The van der Waals surface area contributed by atoms with Crippen LogP contribution in [0.3, 0.4) is 0 Å². The summed E-state index contributed by atoms with van der Waals surface area (Å²) in [5.74, 6) is 0.744. The molecule has 0 unspecified atom stereocenters. The van der Waals surface area contributed by atoms with E-state index in [1.54, 1.807) is 0 Å². The number of nitrogens with one attached hydrogen (secondary N) is 1. The summed E-state index contributed by atoms with van der Waals surface area (Å²) in [6, 6.07) is 1.99. The Balaban J connectivity index is 2.73. The summed E-state index contributed by atoms with van der Waals surface area (Å²) in [6.07, 6.45) is 3.38. The Morgan fingerprint density at radius 1 is 1.62 bits per heavy atom. The maximum absolute atomic E-state index is 10.6. The van der Waals surface area contributed by atoms with Crippen molar-refractivity contribution in [1.29, 1.82) is 0 Å². The molecule has 0 saturated heterocycles. The third-order valence-corrected chi connectivity index (χ3v) is 3.34. The third kappa shape index (κ3) is 1.71. The van der Waals surface area contributed by atoms with Gasteiger partial charge in [0.2, 0.25) is 6.41 Å². The molecule has 2 rings (SSSR count). The first-order valence-electron chi connectivity index (χ1n) is 5.04. The molecule has 2 aromatic rings. The fourth-order valence-electron chi connectivity index (χ4n) is 1.66. The van der Waals surface area contributed by atoms with Gasteiger partial charge in [-0.3, -0.25) is 9.20 Å². The number of anilines is 1. The highest BCUT2D eigenvalue weighted by Gasteiger charge is 2.11. The van der Waals surface area contributed by atoms with E-state index in [2.05, 4.69) is 26.2 Å². The van der Waals surface area contributed by atoms with E-state index >= 15 is 0 Å². The Morgan fingerprint density at radius 3 is 3.00 bits per heavy atom. The quantitative estimate of drug-likeness (QED) is 0.879. The van der Waals surface area contributed by atoms with E-state index in [1.807, 2.05) is 30.5 Å². The van der Waals surface area contributed by atoms with Gasteiger partial charge < -0.3 is 5.32 Å². The van der Waals surface area contributed by atoms with Gasteiger partial charge in [0.15, 0.2) is 0 Å². The van der Waals surface area contributed by atoms with Crippen LogP contribution in [0.2, 0.25) is 0 Å². The van der Waals surface area contributed by atoms with Gasteiger partial charge >= 0.3 is 0 Å². The van der Waals surface area contributed by atoms with E-state index in [1.165, 1.54) is 0 Å². The van der Waals surface area contributed by atoms with Crippen LogP contribution in [0.15, 0.2) is 16.7 Å². The average molecular weight is 282 g/mol. The summed E-state index contributed by atoms with van der Waals surface area (Å²) >= 11 is 3.47. The van der Waals surface area contributed by atoms with Crippen LogP contribution in [0.25, 0.3) is 5.65 Å². The molecule has 0 fully saturated rings. The Hall–Kier alpha value is -1.36. The van der Waals surface area contributed by atoms with E-state index < -0.39 is 0 Å². The van der Waals surface area contributed by atoms with Crippen molar-refractivity contribution in [2.24, 2.45) is 0 Å². The fourth-order valence-corrected chi connectivity index (χ4v) is 1.98. The van der Waals surface area contributed by atoms with Gasteiger partial charge in [0, 0.05) is 10.7 Å². The molecule has 4 nitrogen and oxygen atoms in total. The van der Waals surface area contributed by atoms with Crippen molar-refractivity contribution in [1.82, 2.24) is 9.38 Å². The molecule has 0 saturated carbocycles. The number of amides is 1. The summed E-state index contributed by atoms with van der Waals surface area (Å²) < 4.78 is 2.87. The van der Waals surface area contributed by atoms with Gasteiger partial charge in [0.1, 0.15) is 11.5 Å². The van der Waals surface area contributed by atoms with Gasteiger partial charge in [-0.05, 0) is 40.9 Å².